The fourth-order valence-corrected chi connectivity index (χ4v) is 4.74. The number of rotatable bonds is 4. The molecule has 1 heterocycles. The summed E-state index contributed by atoms with van der Waals surface area (Å²) in [6.45, 7) is 0.360. The highest BCUT2D eigenvalue weighted by Gasteiger charge is 2.18. The quantitative estimate of drug-likeness (QED) is 0.911. The number of thiophene rings is 1. The van der Waals surface area contributed by atoms with Gasteiger partial charge in [0.15, 0.2) is 0 Å². The van der Waals surface area contributed by atoms with Gasteiger partial charge in [-0.15, -0.1) is 11.3 Å². The van der Waals surface area contributed by atoms with Crippen molar-refractivity contribution in [2.45, 2.75) is 30.0 Å². The number of anilines is 1. The number of nitrogens with two attached hydrogens (primary N) is 1. The van der Waals surface area contributed by atoms with Gasteiger partial charge in [0.25, 0.3) is 10.0 Å². The number of sulfonamides is 1. The summed E-state index contributed by atoms with van der Waals surface area (Å²) >= 11 is 1.21. The van der Waals surface area contributed by atoms with Crippen molar-refractivity contribution < 1.29 is 8.42 Å². The molecule has 20 heavy (non-hydrogen) atoms. The Bertz CT molecular complexity index is 735. The maximum Gasteiger partial charge on any atom is 0.271 e. The van der Waals surface area contributed by atoms with E-state index in [1.165, 1.54) is 22.5 Å². The molecule has 0 atom stereocenters. The largest absolute Gasteiger partial charge is 0.326 e. The predicted octanol–water partition coefficient (Wildman–Crippen LogP) is 2.50. The maximum atomic E-state index is 12.3. The molecule has 6 heteroatoms. The molecule has 1 aliphatic carbocycles. The molecule has 0 spiro atoms. The molecule has 0 saturated carbocycles. The average Bonchev–Trinajstić information content (AvgIpc) is 3.06. The Labute approximate surface area is 122 Å². The van der Waals surface area contributed by atoms with Gasteiger partial charge in [-0.3, -0.25) is 4.72 Å². The number of benzene rings is 1. The molecule has 0 unspecified atom stereocenters. The minimum absolute atomic E-state index is 0.304. The molecule has 0 bridgehead atoms. The normalized spacial score (nSPS) is 14.2. The molecule has 0 aliphatic heterocycles. The molecule has 106 valence electrons. The first-order valence-corrected chi connectivity index (χ1v) is 8.82. The van der Waals surface area contributed by atoms with Crippen LogP contribution in [0.3, 0.4) is 0 Å². The Balaban J connectivity index is 1.86. The minimum Gasteiger partial charge on any atom is -0.326 e. The van der Waals surface area contributed by atoms with Crippen molar-refractivity contribution in [3.05, 3.63) is 46.3 Å². The zero-order valence-electron chi connectivity index (χ0n) is 10.9. The number of nitrogens with one attached hydrogen (secondary N) is 1. The highest BCUT2D eigenvalue weighted by Crippen LogP contribution is 2.28. The molecule has 1 aliphatic rings. The van der Waals surface area contributed by atoms with Crippen LogP contribution in [-0.4, -0.2) is 8.42 Å². The van der Waals surface area contributed by atoms with Crippen molar-refractivity contribution in [1.82, 2.24) is 0 Å². The van der Waals surface area contributed by atoms with Crippen LogP contribution in [0, 0.1) is 0 Å². The van der Waals surface area contributed by atoms with Crippen LogP contribution in [0.1, 0.15) is 22.4 Å². The number of hydrogen-bond donors (Lipinski definition) is 2. The summed E-state index contributed by atoms with van der Waals surface area (Å²) in [5.41, 5.74) is 8.73. The van der Waals surface area contributed by atoms with Gasteiger partial charge in [0, 0.05) is 17.1 Å². The third-order valence-corrected chi connectivity index (χ3v) is 6.43. The van der Waals surface area contributed by atoms with E-state index in [2.05, 4.69) is 4.72 Å². The standard InChI is InChI=1S/C14H16N2O2S2/c15-9-13-6-7-14(19-13)20(17,18)16-12-5-4-10-2-1-3-11(10)8-12/h4-8,16H,1-3,9,15H2. The zero-order valence-corrected chi connectivity index (χ0v) is 12.6. The second-order valence-electron chi connectivity index (χ2n) is 4.87. The Morgan fingerprint density at radius 3 is 2.70 bits per heavy atom. The smallest absolute Gasteiger partial charge is 0.271 e. The molecule has 1 aromatic carbocycles. The van der Waals surface area contributed by atoms with Gasteiger partial charge >= 0.3 is 0 Å². The van der Waals surface area contributed by atoms with Crippen molar-refractivity contribution in [2.24, 2.45) is 5.73 Å². The van der Waals surface area contributed by atoms with Crippen molar-refractivity contribution in [3.8, 4) is 0 Å². The second-order valence-corrected chi connectivity index (χ2v) is 7.94. The molecular formula is C14H16N2O2S2. The molecule has 0 amide bonds. The third-order valence-electron chi connectivity index (χ3n) is 3.45. The van der Waals surface area contributed by atoms with Crippen molar-refractivity contribution in [1.29, 1.82) is 0 Å². The summed E-state index contributed by atoms with van der Waals surface area (Å²) in [6, 6.07) is 9.14. The van der Waals surface area contributed by atoms with E-state index in [0.717, 1.165) is 24.1 Å². The lowest BCUT2D eigenvalue weighted by Gasteiger charge is -2.08. The Kier molecular flexibility index (Phi) is 3.54. The summed E-state index contributed by atoms with van der Waals surface area (Å²) < 4.78 is 27.5. The molecule has 2 aromatic rings. The van der Waals surface area contributed by atoms with Gasteiger partial charge in [0.1, 0.15) is 4.21 Å². The second kappa shape index (κ2) is 5.20. The van der Waals surface area contributed by atoms with E-state index < -0.39 is 10.0 Å². The summed E-state index contributed by atoms with van der Waals surface area (Å²) in [6.07, 6.45) is 3.27. The van der Waals surface area contributed by atoms with Gasteiger partial charge in [-0.25, -0.2) is 8.42 Å². The number of hydrogen-bond acceptors (Lipinski definition) is 4. The Hall–Kier alpha value is -1.37. The van der Waals surface area contributed by atoms with E-state index in [9.17, 15) is 8.42 Å². The van der Waals surface area contributed by atoms with Gasteiger partial charge in [-0.1, -0.05) is 6.07 Å². The monoisotopic (exact) mass is 308 g/mol. The van der Waals surface area contributed by atoms with Crippen LogP contribution in [0.2, 0.25) is 0 Å². The van der Waals surface area contributed by atoms with Crippen LogP contribution in [-0.2, 0) is 29.4 Å². The Morgan fingerprint density at radius 1 is 1.15 bits per heavy atom. The average molecular weight is 308 g/mol. The van der Waals surface area contributed by atoms with Crippen LogP contribution in [0.25, 0.3) is 0 Å². The zero-order chi connectivity index (χ0) is 14.2. The summed E-state index contributed by atoms with van der Waals surface area (Å²) in [4.78, 5) is 0.860. The molecule has 0 radical (unpaired) electrons. The Morgan fingerprint density at radius 2 is 1.95 bits per heavy atom. The first kappa shape index (κ1) is 13.6. The topological polar surface area (TPSA) is 72.2 Å². The molecule has 1 aromatic heterocycles. The van der Waals surface area contributed by atoms with Crippen molar-refractivity contribution in [3.63, 3.8) is 0 Å². The molecule has 3 N–H and O–H groups in total. The highest BCUT2D eigenvalue weighted by atomic mass is 32.2. The van der Waals surface area contributed by atoms with Crippen molar-refractivity contribution >= 4 is 27.0 Å². The maximum absolute atomic E-state index is 12.3. The summed E-state index contributed by atoms with van der Waals surface area (Å²) in [5.74, 6) is 0. The van der Waals surface area contributed by atoms with Gasteiger partial charge in [0.2, 0.25) is 0 Å². The van der Waals surface area contributed by atoms with Crippen LogP contribution in [0.15, 0.2) is 34.5 Å². The fraction of sp³-hybridized carbons (Fsp3) is 0.286. The van der Waals surface area contributed by atoms with Crippen LogP contribution in [0.4, 0.5) is 5.69 Å². The van der Waals surface area contributed by atoms with E-state index in [1.807, 2.05) is 18.2 Å². The highest BCUT2D eigenvalue weighted by molar-refractivity contribution is 7.94. The van der Waals surface area contributed by atoms with Crippen molar-refractivity contribution in [2.75, 3.05) is 4.72 Å². The lowest BCUT2D eigenvalue weighted by molar-refractivity contribution is 0.603. The first-order valence-electron chi connectivity index (χ1n) is 6.52. The summed E-state index contributed by atoms with van der Waals surface area (Å²) in [5, 5.41) is 0. The van der Waals surface area contributed by atoms with Gasteiger partial charge < -0.3 is 5.73 Å². The first-order chi connectivity index (χ1) is 9.58. The van der Waals surface area contributed by atoms with E-state index >= 15 is 0 Å². The third kappa shape index (κ3) is 2.59. The van der Waals surface area contributed by atoms with Gasteiger partial charge in [-0.2, -0.15) is 0 Å². The van der Waals surface area contributed by atoms with Gasteiger partial charge in [-0.05, 0) is 54.7 Å². The summed E-state index contributed by atoms with van der Waals surface area (Å²) in [7, 11) is -3.51. The molecule has 4 nitrogen and oxygen atoms in total. The van der Waals surface area contributed by atoms with Crippen LogP contribution < -0.4 is 10.5 Å². The minimum atomic E-state index is -3.51. The SMILES string of the molecule is NCc1ccc(S(=O)(=O)Nc2ccc3c(c2)CCC3)s1. The van der Waals surface area contributed by atoms with Crippen LogP contribution in [0.5, 0.6) is 0 Å². The lowest BCUT2D eigenvalue weighted by Crippen LogP contribution is -2.11. The van der Waals surface area contributed by atoms with E-state index in [4.69, 9.17) is 5.73 Å². The molecule has 3 rings (SSSR count). The predicted molar refractivity (Wildman–Crippen MR) is 81.5 cm³/mol. The molecule has 0 fully saturated rings. The van der Waals surface area contributed by atoms with Crippen LogP contribution >= 0.6 is 11.3 Å². The number of fused-ring (bicyclic) bond motifs is 1. The van der Waals surface area contributed by atoms with E-state index in [1.54, 1.807) is 12.1 Å². The lowest BCUT2D eigenvalue weighted by atomic mass is 10.1. The van der Waals surface area contributed by atoms with E-state index in [-0.39, 0.29) is 0 Å². The number of aryl methyl sites for hydroxylation is 2. The fourth-order valence-electron chi connectivity index (χ4n) is 2.45. The van der Waals surface area contributed by atoms with Gasteiger partial charge in [0.05, 0.1) is 0 Å². The molecular weight excluding hydrogens is 292 g/mol. The molecule has 0 saturated heterocycles. The van der Waals surface area contributed by atoms with E-state index in [0.29, 0.717) is 16.4 Å².